The number of fused-ring (bicyclic) bond motifs is 2. The van der Waals surface area contributed by atoms with E-state index in [1.807, 2.05) is 24.5 Å². The van der Waals surface area contributed by atoms with Crippen LogP contribution in [-0.4, -0.2) is 9.97 Å². The molecule has 0 saturated carbocycles. The van der Waals surface area contributed by atoms with Crippen molar-refractivity contribution in [3.8, 4) is 0 Å². The first-order valence-electron chi connectivity index (χ1n) is 10.6. The SMILES string of the molecule is C1=C(c2ccccn2)[CH]([Zr][CH]2C(c3ccccn3)=Cc3ccccc32)c2ccccc21. The normalized spacial score (nSPS) is 18.7. The summed E-state index contributed by atoms with van der Waals surface area (Å²) in [6.45, 7) is 0. The molecule has 2 nitrogen and oxygen atoms in total. The third kappa shape index (κ3) is 3.38. The van der Waals surface area contributed by atoms with Crippen molar-refractivity contribution in [2.24, 2.45) is 0 Å². The molecule has 2 aliphatic rings. The average Bonchev–Trinajstić information content (AvgIpc) is 3.40. The van der Waals surface area contributed by atoms with Gasteiger partial charge in [-0.05, 0) is 0 Å². The summed E-state index contributed by atoms with van der Waals surface area (Å²) in [5, 5.41) is 0. The molecule has 31 heavy (non-hydrogen) atoms. The van der Waals surface area contributed by atoms with Gasteiger partial charge in [-0.2, -0.15) is 0 Å². The number of hydrogen-bond donors (Lipinski definition) is 0. The molecule has 146 valence electrons. The summed E-state index contributed by atoms with van der Waals surface area (Å²) in [6.07, 6.45) is 8.55. The number of nitrogens with zero attached hydrogens (tertiary/aromatic N) is 2. The standard InChI is InChI=1S/2C14H10N.Zr/c2*1-2-6-12-10-13(9-11(12)5-1)14-7-3-4-8-15-14;/h2*1-10H;. The number of pyridine rings is 2. The van der Waals surface area contributed by atoms with Gasteiger partial charge in [0, 0.05) is 0 Å². The Kier molecular flexibility index (Phi) is 4.85. The number of rotatable bonds is 4. The van der Waals surface area contributed by atoms with Gasteiger partial charge in [0.25, 0.3) is 0 Å². The Morgan fingerprint density at radius 3 is 1.42 bits per heavy atom. The van der Waals surface area contributed by atoms with E-state index in [-0.39, 0.29) is 0 Å². The van der Waals surface area contributed by atoms with E-state index in [1.54, 1.807) is 0 Å². The Bertz CT molecular complexity index is 1210. The Balaban J connectivity index is 1.45. The van der Waals surface area contributed by atoms with E-state index in [9.17, 15) is 0 Å². The predicted molar refractivity (Wildman–Crippen MR) is 123 cm³/mol. The monoisotopic (exact) mass is 474 g/mol. The second-order valence-corrected chi connectivity index (χ2v) is 11.6. The predicted octanol–water partition coefficient (Wildman–Crippen LogP) is 6.45. The molecule has 2 atom stereocenters. The molecule has 2 heterocycles. The van der Waals surface area contributed by atoms with Gasteiger partial charge in [0.05, 0.1) is 0 Å². The van der Waals surface area contributed by atoms with E-state index < -0.39 is 23.2 Å². The van der Waals surface area contributed by atoms with E-state index >= 15 is 0 Å². The van der Waals surface area contributed by atoms with Gasteiger partial charge in [-0.25, -0.2) is 0 Å². The molecule has 0 radical (unpaired) electrons. The summed E-state index contributed by atoms with van der Waals surface area (Å²) in [5.41, 5.74) is 10.6. The summed E-state index contributed by atoms with van der Waals surface area (Å²) in [6, 6.07) is 30.3. The Morgan fingerprint density at radius 2 is 0.968 bits per heavy atom. The van der Waals surface area contributed by atoms with Crippen LogP contribution in [0.3, 0.4) is 0 Å². The van der Waals surface area contributed by atoms with Gasteiger partial charge in [0.1, 0.15) is 0 Å². The number of benzene rings is 2. The Labute approximate surface area is 194 Å². The molecule has 4 aromatic rings. The molecule has 0 N–H and O–H groups in total. The molecular formula is C28H20N2Zr. The molecule has 0 aliphatic heterocycles. The molecule has 0 bridgehead atoms. The summed E-state index contributed by atoms with van der Waals surface area (Å²) < 4.78 is 0.941. The van der Waals surface area contributed by atoms with Crippen LogP contribution >= 0.6 is 0 Å². The first kappa shape index (κ1) is 18.8. The minimum absolute atomic E-state index is 0.470. The van der Waals surface area contributed by atoms with Crippen LogP contribution in [0, 0.1) is 0 Å². The summed E-state index contributed by atoms with van der Waals surface area (Å²) in [4.78, 5) is 9.44. The molecule has 0 fully saturated rings. The molecule has 2 unspecified atom stereocenters. The average molecular weight is 476 g/mol. The van der Waals surface area contributed by atoms with Crippen LogP contribution in [0.2, 0.25) is 0 Å². The number of allylic oxidation sites excluding steroid dienone is 2. The zero-order valence-corrected chi connectivity index (χ0v) is 19.4. The Hall–Kier alpha value is -2.90. The second-order valence-electron chi connectivity index (χ2n) is 7.92. The van der Waals surface area contributed by atoms with Crippen LogP contribution in [0.15, 0.2) is 97.3 Å². The van der Waals surface area contributed by atoms with Crippen molar-refractivity contribution in [2.75, 3.05) is 0 Å². The van der Waals surface area contributed by atoms with E-state index in [1.165, 1.54) is 33.4 Å². The van der Waals surface area contributed by atoms with E-state index in [4.69, 9.17) is 9.97 Å². The van der Waals surface area contributed by atoms with Crippen LogP contribution in [0.5, 0.6) is 0 Å². The van der Waals surface area contributed by atoms with Crippen molar-refractivity contribution in [2.45, 2.75) is 7.25 Å². The number of aromatic nitrogens is 2. The fourth-order valence-corrected chi connectivity index (χ4v) is 9.70. The van der Waals surface area contributed by atoms with Crippen LogP contribution in [-0.2, 0) is 23.2 Å². The third-order valence-electron chi connectivity index (χ3n) is 6.11. The van der Waals surface area contributed by atoms with Crippen molar-refractivity contribution in [3.05, 3.63) is 131 Å². The fourth-order valence-electron chi connectivity index (χ4n) is 4.68. The van der Waals surface area contributed by atoms with Gasteiger partial charge < -0.3 is 0 Å². The topological polar surface area (TPSA) is 25.8 Å². The van der Waals surface area contributed by atoms with Crippen molar-refractivity contribution in [1.82, 2.24) is 9.97 Å². The van der Waals surface area contributed by atoms with Gasteiger partial charge >= 0.3 is 195 Å². The molecule has 0 saturated heterocycles. The van der Waals surface area contributed by atoms with Gasteiger partial charge in [-0.3, -0.25) is 0 Å². The number of hydrogen-bond acceptors (Lipinski definition) is 2. The molecule has 0 spiro atoms. The van der Waals surface area contributed by atoms with Crippen LogP contribution in [0.25, 0.3) is 23.3 Å². The van der Waals surface area contributed by atoms with E-state index in [2.05, 4.69) is 84.9 Å². The summed E-state index contributed by atoms with van der Waals surface area (Å²) in [5.74, 6) is 0. The van der Waals surface area contributed by atoms with Gasteiger partial charge in [0.2, 0.25) is 0 Å². The maximum absolute atomic E-state index is 4.72. The molecule has 2 aliphatic carbocycles. The van der Waals surface area contributed by atoms with Gasteiger partial charge in [-0.1, -0.05) is 0 Å². The molecule has 2 aromatic carbocycles. The quantitative estimate of drug-likeness (QED) is 0.339. The fraction of sp³-hybridized carbons (Fsp3) is 0.0714. The maximum atomic E-state index is 4.72. The zero-order chi connectivity index (χ0) is 20.6. The Morgan fingerprint density at radius 1 is 0.516 bits per heavy atom. The summed E-state index contributed by atoms with van der Waals surface area (Å²) >= 11 is -1.02. The third-order valence-corrected chi connectivity index (χ3v) is 10.8. The van der Waals surface area contributed by atoms with Gasteiger partial charge in [0.15, 0.2) is 0 Å². The van der Waals surface area contributed by atoms with Crippen molar-refractivity contribution in [3.63, 3.8) is 0 Å². The minimum atomic E-state index is -1.02. The van der Waals surface area contributed by atoms with Crippen LogP contribution < -0.4 is 0 Å². The molecular weight excluding hydrogens is 456 g/mol. The molecule has 2 aromatic heterocycles. The van der Waals surface area contributed by atoms with Crippen molar-refractivity contribution in [1.29, 1.82) is 0 Å². The zero-order valence-electron chi connectivity index (χ0n) is 16.9. The van der Waals surface area contributed by atoms with Crippen molar-refractivity contribution < 1.29 is 23.2 Å². The van der Waals surface area contributed by atoms with Crippen LogP contribution in [0.4, 0.5) is 0 Å². The van der Waals surface area contributed by atoms with E-state index in [0.717, 1.165) is 11.4 Å². The molecule has 0 amide bonds. The second kappa shape index (κ2) is 7.98. The summed E-state index contributed by atoms with van der Waals surface area (Å²) in [7, 11) is 0. The van der Waals surface area contributed by atoms with E-state index in [0.29, 0.717) is 7.25 Å². The molecule has 6 rings (SSSR count). The molecule has 3 heteroatoms. The van der Waals surface area contributed by atoms with Gasteiger partial charge in [-0.15, -0.1) is 0 Å². The first-order valence-corrected chi connectivity index (χ1v) is 13.4. The first-order chi connectivity index (χ1) is 15.4. The van der Waals surface area contributed by atoms with Crippen molar-refractivity contribution >= 4 is 23.3 Å². The van der Waals surface area contributed by atoms with Crippen LogP contribution in [0.1, 0.15) is 40.9 Å².